The zero-order chi connectivity index (χ0) is 12.8. The molecule has 0 spiro atoms. The van der Waals surface area contributed by atoms with Crippen molar-refractivity contribution in [2.24, 2.45) is 0 Å². The summed E-state index contributed by atoms with van der Waals surface area (Å²) in [6, 6.07) is 7.05. The summed E-state index contributed by atoms with van der Waals surface area (Å²) in [4.78, 5) is 15.2. The van der Waals surface area contributed by atoms with Gasteiger partial charge in [-0.05, 0) is 24.3 Å². The smallest absolute Gasteiger partial charge is 0.288 e. The van der Waals surface area contributed by atoms with Gasteiger partial charge in [-0.2, -0.15) is 5.10 Å². The highest BCUT2D eigenvalue weighted by molar-refractivity contribution is 5.90. The van der Waals surface area contributed by atoms with Crippen LogP contribution in [0.15, 0.2) is 30.6 Å². The Hall–Kier alpha value is -2.57. The van der Waals surface area contributed by atoms with Crippen LogP contribution < -0.4 is 15.8 Å². The first-order valence-corrected chi connectivity index (χ1v) is 5.37. The lowest BCUT2D eigenvalue weighted by atomic mass is 10.3. The van der Waals surface area contributed by atoms with Gasteiger partial charge in [-0.3, -0.25) is 9.89 Å². The largest absolute Gasteiger partial charge is 0.492 e. The Morgan fingerprint density at radius 2 is 2.17 bits per heavy atom. The van der Waals surface area contributed by atoms with E-state index in [0.29, 0.717) is 24.6 Å². The van der Waals surface area contributed by atoms with Gasteiger partial charge < -0.3 is 15.8 Å². The molecule has 0 aliphatic heterocycles. The third-order valence-electron chi connectivity index (χ3n) is 2.17. The minimum Gasteiger partial charge on any atom is -0.492 e. The number of aromatic amines is 1. The summed E-state index contributed by atoms with van der Waals surface area (Å²) in [6.45, 7) is 0.744. The quantitative estimate of drug-likeness (QED) is 0.517. The van der Waals surface area contributed by atoms with E-state index in [0.717, 1.165) is 0 Å². The summed E-state index contributed by atoms with van der Waals surface area (Å²) in [7, 11) is 0. The molecule has 2 aromatic rings. The Kier molecular flexibility index (Phi) is 3.75. The van der Waals surface area contributed by atoms with Crippen molar-refractivity contribution in [1.29, 1.82) is 0 Å². The molecule has 0 saturated heterocycles. The molecule has 18 heavy (non-hydrogen) atoms. The van der Waals surface area contributed by atoms with Gasteiger partial charge in [0.15, 0.2) is 0 Å². The second-order valence-electron chi connectivity index (χ2n) is 3.51. The zero-order valence-corrected chi connectivity index (χ0v) is 9.59. The number of carbonyl (C=O) groups is 1. The number of nitrogens with one attached hydrogen (secondary N) is 2. The van der Waals surface area contributed by atoms with E-state index in [9.17, 15) is 4.79 Å². The van der Waals surface area contributed by atoms with Crippen molar-refractivity contribution >= 4 is 11.6 Å². The molecule has 2 rings (SSSR count). The fraction of sp³-hybridized carbons (Fsp3) is 0.182. The number of carbonyl (C=O) groups excluding carboxylic acids is 1. The molecule has 0 unspecified atom stereocenters. The first-order valence-electron chi connectivity index (χ1n) is 5.37. The molecule has 0 aliphatic rings. The van der Waals surface area contributed by atoms with Crippen LogP contribution in [0.3, 0.4) is 0 Å². The highest BCUT2D eigenvalue weighted by Crippen LogP contribution is 2.12. The number of aromatic nitrogens is 3. The van der Waals surface area contributed by atoms with Crippen LogP contribution in [0.5, 0.6) is 5.75 Å². The Morgan fingerprint density at radius 3 is 2.83 bits per heavy atom. The van der Waals surface area contributed by atoms with Crippen molar-refractivity contribution in [2.45, 2.75) is 0 Å². The Labute approximate surface area is 103 Å². The van der Waals surface area contributed by atoms with Crippen LogP contribution in [0.25, 0.3) is 0 Å². The number of anilines is 1. The third-order valence-corrected chi connectivity index (χ3v) is 2.17. The van der Waals surface area contributed by atoms with Gasteiger partial charge in [0, 0.05) is 5.69 Å². The lowest BCUT2D eigenvalue weighted by molar-refractivity contribution is 0.0937. The number of ether oxygens (including phenoxy) is 1. The maximum absolute atomic E-state index is 11.4. The van der Waals surface area contributed by atoms with Crippen molar-refractivity contribution in [2.75, 3.05) is 18.9 Å². The number of amides is 1. The van der Waals surface area contributed by atoms with E-state index in [1.807, 2.05) is 0 Å². The van der Waals surface area contributed by atoms with Gasteiger partial charge in [-0.15, -0.1) is 0 Å². The summed E-state index contributed by atoms with van der Waals surface area (Å²) in [6.07, 6.45) is 1.28. The second-order valence-corrected chi connectivity index (χ2v) is 3.51. The lowest BCUT2D eigenvalue weighted by Crippen LogP contribution is -2.28. The molecule has 7 heteroatoms. The van der Waals surface area contributed by atoms with Crippen LogP contribution in [-0.2, 0) is 0 Å². The van der Waals surface area contributed by atoms with Gasteiger partial charge in [0.1, 0.15) is 18.7 Å². The molecule has 0 bridgehead atoms. The van der Waals surface area contributed by atoms with Crippen LogP contribution in [0.1, 0.15) is 10.6 Å². The number of rotatable bonds is 5. The highest BCUT2D eigenvalue weighted by Gasteiger charge is 2.06. The van der Waals surface area contributed by atoms with Crippen molar-refractivity contribution in [3.05, 3.63) is 36.4 Å². The molecule has 4 N–H and O–H groups in total. The minimum atomic E-state index is -0.312. The molecular weight excluding hydrogens is 234 g/mol. The molecule has 1 heterocycles. The Balaban J connectivity index is 1.70. The normalized spacial score (nSPS) is 10.0. The van der Waals surface area contributed by atoms with Gasteiger partial charge in [0.2, 0.25) is 5.82 Å². The van der Waals surface area contributed by atoms with Gasteiger partial charge >= 0.3 is 0 Å². The Morgan fingerprint density at radius 1 is 1.39 bits per heavy atom. The lowest BCUT2D eigenvalue weighted by Gasteiger charge is -2.06. The van der Waals surface area contributed by atoms with E-state index >= 15 is 0 Å². The summed E-state index contributed by atoms with van der Waals surface area (Å²) in [5.74, 6) is 0.578. The van der Waals surface area contributed by atoms with Crippen LogP contribution in [0, 0.1) is 0 Å². The molecule has 0 aliphatic carbocycles. The number of benzene rings is 1. The SMILES string of the molecule is Nc1ccc(OCCNC(=O)c2ncn[nH]2)cc1. The molecule has 94 valence electrons. The number of nitrogens with zero attached hydrogens (tertiary/aromatic N) is 2. The van der Waals surface area contributed by atoms with Crippen molar-refractivity contribution in [3.8, 4) is 5.75 Å². The van der Waals surface area contributed by atoms with Gasteiger partial charge in [-0.25, -0.2) is 4.98 Å². The Bertz CT molecular complexity index is 495. The molecule has 1 amide bonds. The van der Waals surface area contributed by atoms with Gasteiger partial charge in [-0.1, -0.05) is 0 Å². The molecule has 1 aromatic carbocycles. The first kappa shape index (κ1) is 11.9. The van der Waals surface area contributed by atoms with Gasteiger partial charge in [0.05, 0.1) is 6.54 Å². The first-order chi connectivity index (χ1) is 8.75. The average Bonchev–Trinajstić information content (AvgIpc) is 2.90. The summed E-state index contributed by atoms with van der Waals surface area (Å²) < 4.78 is 5.41. The van der Waals surface area contributed by atoms with Crippen LogP contribution in [0.2, 0.25) is 0 Å². The zero-order valence-electron chi connectivity index (χ0n) is 9.59. The average molecular weight is 247 g/mol. The summed E-state index contributed by atoms with van der Waals surface area (Å²) in [5.41, 5.74) is 6.23. The summed E-state index contributed by atoms with van der Waals surface area (Å²) in [5, 5.41) is 8.71. The van der Waals surface area contributed by atoms with Crippen molar-refractivity contribution in [1.82, 2.24) is 20.5 Å². The minimum absolute atomic E-state index is 0.183. The maximum atomic E-state index is 11.4. The fourth-order valence-electron chi connectivity index (χ4n) is 1.30. The predicted octanol–water partition coefficient (Wildman–Crippen LogP) is 0.196. The molecule has 0 fully saturated rings. The number of H-pyrrole nitrogens is 1. The monoisotopic (exact) mass is 247 g/mol. The van der Waals surface area contributed by atoms with Crippen LogP contribution in [-0.4, -0.2) is 34.2 Å². The molecule has 0 saturated carbocycles. The standard InChI is InChI=1S/C11H13N5O2/c12-8-1-3-9(4-2-8)18-6-5-13-11(17)10-14-7-15-16-10/h1-4,7H,5-6,12H2,(H,13,17)(H,14,15,16). The summed E-state index contributed by atoms with van der Waals surface area (Å²) >= 11 is 0. The van der Waals surface area contributed by atoms with Crippen LogP contribution >= 0.6 is 0 Å². The molecule has 1 aromatic heterocycles. The second kappa shape index (κ2) is 5.67. The maximum Gasteiger partial charge on any atom is 0.288 e. The third kappa shape index (κ3) is 3.21. The topological polar surface area (TPSA) is 106 Å². The molecule has 7 nitrogen and oxygen atoms in total. The fourth-order valence-corrected chi connectivity index (χ4v) is 1.30. The number of hydrogen-bond donors (Lipinski definition) is 3. The van der Waals surface area contributed by atoms with Crippen molar-refractivity contribution in [3.63, 3.8) is 0 Å². The number of hydrogen-bond acceptors (Lipinski definition) is 5. The molecular formula is C11H13N5O2. The van der Waals surface area contributed by atoms with Crippen molar-refractivity contribution < 1.29 is 9.53 Å². The van der Waals surface area contributed by atoms with E-state index < -0.39 is 0 Å². The number of nitrogen functional groups attached to an aromatic ring is 1. The van der Waals surface area contributed by atoms with E-state index in [1.165, 1.54) is 6.33 Å². The highest BCUT2D eigenvalue weighted by atomic mass is 16.5. The van der Waals surface area contributed by atoms with Gasteiger partial charge in [0.25, 0.3) is 5.91 Å². The van der Waals surface area contributed by atoms with E-state index in [2.05, 4.69) is 20.5 Å². The predicted molar refractivity (Wildman–Crippen MR) is 65.1 cm³/mol. The van der Waals surface area contributed by atoms with Crippen LogP contribution in [0.4, 0.5) is 5.69 Å². The number of nitrogens with two attached hydrogens (primary N) is 1. The van der Waals surface area contributed by atoms with E-state index in [1.54, 1.807) is 24.3 Å². The van der Waals surface area contributed by atoms with E-state index in [4.69, 9.17) is 10.5 Å². The molecule has 0 atom stereocenters. The molecule has 0 radical (unpaired) electrons. The van der Waals surface area contributed by atoms with E-state index in [-0.39, 0.29) is 11.7 Å².